The van der Waals surface area contributed by atoms with E-state index in [0.29, 0.717) is 31.1 Å². The summed E-state index contributed by atoms with van der Waals surface area (Å²) in [6.07, 6.45) is 0. The molecule has 0 radical (unpaired) electrons. The van der Waals surface area contributed by atoms with Crippen molar-refractivity contribution in [2.45, 2.75) is 13.0 Å². The van der Waals surface area contributed by atoms with E-state index in [4.69, 9.17) is 13.9 Å². The lowest BCUT2D eigenvalue weighted by Crippen LogP contribution is -2.43. The molecule has 1 aromatic heterocycles. The molecule has 2 heterocycles. The monoisotopic (exact) mass is 301 g/mol. The Kier molecular flexibility index (Phi) is 4.15. The Morgan fingerprint density at radius 1 is 1.27 bits per heavy atom. The van der Waals surface area contributed by atoms with E-state index in [1.54, 1.807) is 24.1 Å². The van der Waals surface area contributed by atoms with Crippen molar-refractivity contribution in [1.82, 2.24) is 4.90 Å². The summed E-state index contributed by atoms with van der Waals surface area (Å²) < 4.78 is 16.5. The number of hydrogen-bond acceptors (Lipinski definition) is 4. The smallest absolute Gasteiger partial charge is 0.258 e. The van der Waals surface area contributed by atoms with Gasteiger partial charge in [-0.15, -0.1) is 0 Å². The standard InChI is InChI=1S/C17H19NO4/c1-12-7-8-16(22-12)14-11-21-10-9-18(14)17(19)13-5-3-4-6-15(13)20-2/h3-8,14H,9-11H2,1-2H3/t14-/m1/s1. The lowest BCUT2D eigenvalue weighted by molar-refractivity contribution is -0.00908. The van der Waals surface area contributed by atoms with E-state index in [9.17, 15) is 4.79 Å². The first-order valence-corrected chi connectivity index (χ1v) is 7.29. The fourth-order valence-corrected chi connectivity index (χ4v) is 2.69. The Morgan fingerprint density at radius 2 is 2.09 bits per heavy atom. The molecule has 1 aliphatic heterocycles. The van der Waals surface area contributed by atoms with Gasteiger partial charge in [-0.25, -0.2) is 0 Å². The van der Waals surface area contributed by atoms with Gasteiger partial charge in [0, 0.05) is 6.54 Å². The molecule has 1 amide bonds. The molecule has 0 N–H and O–H groups in total. The average Bonchev–Trinajstić information content (AvgIpc) is 3.00. The summed E-state index contributed by atoms with van der Waals surface area (Å²) in [5.74, 6) is 2.08. The number of furan rings is 1. The van der Waals surface area contributed by atoms with E-state index in [0.717, 1.165) is 11.5 Å². The largest absolute Gasteiger partial charge is 0.496 e. The highest BCUT2D eigenvalue weighted by molar-refractivity contribution is 5.97. The predicted octanol–water partition coefficient (Wildman–Crippen LogP) is 2.81. The molecule has 5 heteroatoms. The number of nitrogens with zero attached hydrogens (tertiary/aromatic N) is 1. The molecule has 0 unspecified atom stereocenters. The van der Waals surface area contributed by atoms with Crippen LogP contribution < -0.4 is 4.74 Å². The van der Waals surface area contributed by atoms with Crippen LogP contribution in [0.1, 0.15) is 27.9 Å². The van der Waals surface area contributed by atoms with Crippen LogP contribution in [0.5, 0.6) is 5.75 Å². The molecule has 0 saturated carbocycles. The second kappa shape index (κ2) is 6.23. The number of morpholine rings is 1. The first kappa shape index (κ1) is 14.7. The summed E-state index contributed by atoms with van der Waals surface area (Å²) in [6.45, 7) is 3.38. The van der Waals surface area contributed by atoms with E-state index in [1.807, 2.05) is 31.2 Å². The number of carbonyl (C=O) groups excluding carboxylic acids is 1. The van der Waals surface area contributed by atoms with E-state index >= 15 is 0 Å². The maximum atomic E-state index is 12.9. The third-order valence-corrected chi connectivity index (χ3v) is 3.82. The number of amides is 1. The lowest BCUT2D eigenvalue weighted by Gasteiger charge is -2.34. The van der Waals surface area contributed by atoms with Gasteiger partial charge in [0.1, 0.15) is 23.3 Å². The summed E-state index contributed by atoms with van der Waals surface area (Å²) in [4.78, 5) is 14.7. The number of benzene rings is 1. The molecule has 1 saturated heterocycles. The number of hydrogen-bond donors (Lipinski definition) is 0. The highest BCUT2D eigenvalue weighted by Crippen LogP contribution is 2.29. The summed E-state index contributed by atoms with van der Waals surface area (Å²) in [5, 5.41) is 0. The maximum absolute atomic E-state index is 12.9. The highest BCUT2D eigenvalue weighted by atomic mass is 16.5. The average molecular weight is 301 g/mol. The van der Waals surface area contributed by atoms with Gasteiger partial charge in [0.05, 0.1) is 25.9 Å². The minimum atomic E-state index is -0.208. The van der Waals surface area contributed by atoms with Gasteiger partial charge in [0.2, 0.25) is 0 Å². The van der Waals surface area contributed by atoms with E-state index in [2.05, 4.69) is 0 Å². The Bertz CT molecular complexity index is 664. The number of rotatable bonds is 3. The van der Waals surface area contributed by atoms with E-state index in [1.165, 1.54) is 0 Å². The normalized spacial score (nSPS) is 18.3. The number of para-hydroxylation sites is 1. The minimum absolute atomic E-state index is 0.0696. The second-order valence-corrected chi connectivity index (χ2v) is 5.24. The molecular formula is C17H19NO4. The SMILES string of the molecule is COc1ccccc1C(=O)N1CCOC[C@@H]1c1ccc(C)o1. The number of carbonyl (C=O) groups is 1. The van der Waals surface area contributed by atoms with E-state index in [-0.39, 0.29) is 11.9 Å². The summed E-state index contributed by atoms with van der Waals surface area (Å²) in [6, 6.07) is 10.8. The van der Waals surface area contributed by atoms with Crippen LogP contribution in [0.2, 0.25) is 0 Å². The fraction of sp³-hybridized carbons (Fsp3) is 0.353. The topological polar surface area (TPSA) is 51.9 Å². The molecule has 0 aliphatic carbocycles. The van der Waals surface area contributed by atoms with Crippen LogP contribution >= 0.6 is 0 Å². The van der Waals surface area contributed by atoms with Crippen LogP contribution in [0, 0.1) is 6.92 Å². The van der Waals surface area contributed by atoms with Crippen LogP contribution in [0.3, 0.4) is 0 Å². The van der Waals surface area contributed by atoms with Crippen molar-refractivity contribution in [2.75, 3.05) is 26.9 Å². The van der Waals surface area contributed by atoms with Gasteiger partial charge >= 0.3 is 0 Å². The van der Waals surface area contributed by atoms with Crippen LogP contribution in [0.25, 0.3) is 0 Å². The molecule has 0 spiro atoms. The molecule has 3 rings (SSSR count). The lowest BCUT2D eigenvalue weighted by atomic mass is 10.1. The first-order valence-electron chi connectivity index (χ1n) is 7.29. The molecule has 116 valence electrons. The van der Waals surface area contributed by atoms with Crippen molar-refractivity contribution >= 4 is 5.91 Å². The van der Waals surface area contributed by atoms with Gasteiger partial charge in [-0.05, 0) is 31.2 Å². The second-order valence-electron chi connectivity index (χ2n) is 5.24. The van der Waals surface area contributed by atoms with Crippen molar-refractivity contribution in [3.63, 3.8) is 0 Å². The third-order valence-electron chi connectivity index (χ3n) is 3.82. The quantitative estimate of drug-likeness (QED) is 0.875. The summed E-state index contributed by atoms with van der Waals surface area (Å²) in [7, 11) is 1.57. The molecule has 22 heavy (non-hydrogen) atoms. The molecule has 2 aromatic rings. The fourth-order valence-electron chi connectivity index (χ4n) is 2.69. The van der Waals surface area contributed by atoms with Crippen LogP contribution in [-0.2, 0) is 4.74 Å². The van der Waals surface area contributed by atoms with Gasteiger partial charge in [-0.2, -0.15) is 0 Å². The zero-order chi connectivity index (χ0) is 15.5. The number of ether oxygens (including phenoxy) is 2. The van der Waals surface area contributed by atoms with Gasteiger partial charge in [-0.1, -0.05) is 12.1 Å². The Morgan fingerprint density at radius 3 is 2.82 bits per heavy atom. The van der Waals surface area contributed by atoms with Crippen molar-refractivity contribution in [2.24, 2.45) is 0 Å². The zero-order valence-electron chi connectivity index (χ0n) is 12.7. The molecule has 1 aromatic carbocycles. The van der Waals surface area contributed by atoms with Crippen LogP contribution in [0.4, 0.5) is 0 Å². The van der Waals surface area contributed by atoms with Gasteiger partial charge in [0.25, 0.3) is 5.91 Å². The molecular weight excluding hydrogens is 282 g/mol. The Hall–Kier alpha value is -2.27. The Labute approximate surface area is 129 Å². The van der Waals surface area contributed by atoms with Crippen molar-refractivity contribution in [3.05, 3.63) is 53.5 Å². The minimum Gasteiger partial charge on any atom is -0.496 e. The molecule has 1 aliphatic rings. The molecule has 1 fully saturated rings. The maximum Gasteiger partial charge on any atom is 0.258 e. The Balaban J connectivity index is 1.91. The van der Waals surface area contributed by atoms with Crippen LogP contribution in [-0.4, -0.2) is 37.7 Å². The van der Waals surface area contributed by atoms with Crippen molar-refractivity contribution in [1.29, 1.82) is 0 Å². The highest BCUT2D eigenvalue weighted by Gasteiger charge is 2.32. The first-order chi connectivity index (χ1) is 10.7. The summed E-state index contributed by atoms with van der Waals surface area (Å²) in [5.41, 5.74) is 0.556. The van der Waals surface area contributed by atoms with Crippen LogP contribution in [0.15, 0.2) is 40.8 Å². The summed E-state index contributed by atoms with van der Waals surface area (Å²) >= 11 is 0. The van der Waals surface area contributed by atoms with Gasteiger partial charge in [0.15, 0.2) is 0 Å². The van der Waals surface area contributed by atoms with Crippen molar-refractivity contribution in [3.8, 4) is 5.75 Å². The molecule has 0 bridgehead atoms. The number of methoxy groups -OCH3 is 1. The van der Waals surface area contributed by atoms with Gasteiger partial charge in [-0.3, -0.25) is 4.79 Å². The predicted molar refractivity (Wildman–Crippen MR) is 81.0 cm³/mol. The third kappa shape index (κ3) is 2.72. The van der Waals surface area contributed by atoms with Gasteiger partial charge < -0.3 is 18.8 Å². The zero-order valence-corrected chi connectivity index (χ0v) is 12.7. The van der Waals surface area contributed by atoms with E-state index < -0.39 is 0 Å². The van der Waals surface area contributed by atoms with Crippen molar-refractivity contribution < 1.29 is 18.7 Å². The molecule has 5 nitrogen and oxygen atoms in total. The molecule has 1 atom stereocenters. The number of aryl methyl sites for hydroxylation is 1.